The lowest BCUT2D eigenvalue weighted by molar-refractivity contribution is -0.117. The Morgan fingerprint density at radius 1 is 1.45 bits per heavy atom. The summed E-state index contributed by atoms with van der Waals surface area (Å²) in [5.74, 6) is 0.460. The molecule has 0 spiro atoms. The molecule has 1 saturated heterocycles. The summed E-state index contributed by atoms with van der Waals surface area (Å²) in [7, 11) is 0. The molecule has 0 bridgehead atoms. The zero-order valence-corrected chi connectivity index (χ0v) is 12.2. The van der Waals surface area contributed by atoms with Crippen molar-refractivity contribution in [3.63, 3.8) is 0 Å². The zero-order valence-electron chi connectivity index (χ0n) is 12.2. The number of carbonyl (C=O) groups excluding carboxylic acids is 1. The van der Waals surface area contributed by atoms with E-state index < -0.39 is 0 Å². The molecule has 110 valence electrons. The smallest absolute Gasteiger partial charge is 0.224 e. The molecule has 1 aliphatic heterocycles. The van der Waals surface area contributed by atoms with Crippen molar-refractivity contribution >= 4 is 11.6 Å². The minimum absolute atomic E-state index is 0.0983. The fourth-order valence-corrected chi connectivity index (χ4v) is 2.80. The summed E-state index contributed by atoms with van der Waals surface area (Å²) in [4.78, 5) is 12.0. The zero-order chi connectivity index (χ0) is 14.5. The van der Waals surface area contributed by atoms with Crippen LogP contribution in [-0.4, -0.2) is 19.0 Å². The number of anilines is 1. The van der Waals surface area contributed by atoms with Gasteiger partial charge < -0.3 is 10.6 Å². The van der Waals surface area contributed by atoms with E-state index in [9.17, 15) is 9.18 Å². The number of aryl methyl sites for hydroxylation is 1. The summed E-state index contributed by atoms with van der Waals surface area (Å²) >= 11 is 0. The molecule has 2 rings (SSSR count). The van der Waals surface area contributed by atoms with Crippen LogP contribution in [0.3, 0.4) is 0 Å². The molecule has 1 aromatic rings. The van der Waals surface area contributed by atoms with Gasteiger partial charge in [-0.05, 0) is 62.4 Å². The Morgan fingerprint density at radius 2 is 2.15 bits per heavy atom. The lowest BCUT2D eigenvalue weighted by Gasteiger charge is -2.27. The molecule has 0 saturated carbocycles. The average Bonchev–Trinajstić information content (AvgIpc) is 2.43. The Kier molecular flexibility index (Phi) is 5.12. The van der Waals surface area contributed by atoms with Gasteiger partial charge in [-0.3, -0.25) is 4.79 Å². The third kappa shape index (κ3) is 4.04. The molecule has 4 heteroatoms. The van der Waals surface area contributed by atoms with Crippen LogP contribution >= 0.6 is 0 Å². The van der Waals surface area contributed by atoms with Gasteiger partial charge in [-0.2, -0.15) is 0 Å². The topological polar surface area (TPSA) is 41.1 Å². The van der Waals surface area contributed by atoms with Gasteiger partial charge in [0, 0.05) is 6.42 Å². The predicted molar refractivity (Wildman–Crippen MR) is 79.1 cm³/mol. The van der Waals surface area contributed by atoms with Crippen LogP contribution < -0.4 is 10.6 Å². The van der Waals surface area contributed by atoms with Gasteiger partial charge >= 0.3 is 0 Å². The quantitative estimate of drug-likeness (QED) is 0.888. The highest BCUT2D eigenvalue weighted by molar-refractivity contribution is 5.91. The van der Waals surface area contributed by atoms with E-state index in [2.05, 4.69) is 17.6 Å². The van der Waals surface area contributed by atoms with Crippen LogP contribution in [0.1, 0.15) is 31.7 Å². The molecular weight excluding hydrogens is 255 g/mol. The molecule has 1 fully saturated rings. The fourth-order valence-electron chi connectivity index (χ4n) is 2.80. The third-order valence-corrected chi connectivity index (χ3v) is 4.09. The predicted octanol–water partition coefficient (Wildman–Crippen LogP) is 3.10. The van der Waals surface area contributed by atoms with Gasteiger partial charge in [0.25, 0.3) is 0 Å². The first kappa shape index (κ1) is 15.0. The van der Waals surface area contributed by atoms with Crippen molar-refractivity contribution in [2.75, 3.05) is 18.4 Å². The standard InChI is InChI=1S/C16H23FN2O/c1-11-3-4-15(14(17)9-11)19-16(20)10-12(2)13-5-7-18-8-6-13/h3-4,9,12-13,18H,5-8,10H2,1-2H3,(H,19,20). The minimum Gasteiger partial charge on any atom is -0.324 e. The van der Waals surface area contributed by atoms with Gasteiger partial charge in [-0.15, -0.1) is 0 Å². The van der Waals surface area contributed by atoms with Gasteiger partial charge in [0.05, 0.1) is 5.69 Å². The molecule has 1 amide bonds. The molecule has 3 nitrogen and oxygen atoms in total. The second-order valence-electron chi connectivity index (χ2n) is 5.80. The first-order valence-electron chi connectivity index (χ1n) is 7.33. The van der Waals surface area contributed by atoms with Crippen LogP contribution in [-0.2, 0) is 4.79 Å². The van der Waals surface area contributed by atoms with Gasteiger partial charge in [0.2, 0.25) is 5.91 Å². The normalized spacial score (nSPS) is 17.8. The van der Waals surface area contributed by atoms with Crippen molar-refractivity contribution < 1.29 is 9.18 Å². The van der Waals surface area contributed by atoms with E-state index in [1.165, 1.54) is 6.07 Å². The van der Waals surface area contributed by atoms with Crippen LogP contribution in [0.4, 0.5) is 10.1 Å². The number of rotatable bonds is 4. The molecule has 1 heterocycles. The van der Waals surface area contributed by atoms with Gasteiger partial charge in [-0.1, -0.05) is 13.0 Å². The van der Waals surface area contributed by atoms with E-state index in [4.69, 9.17) is 0 Å². The van der Waals surface area contributed by atoms with Crippen molar-refractivity contribution in [3.05, 3.63) is 29.6 Å². The number of nitrogens with one attached hydrogen (secondary N) is 2. The summed E-state index contributed by atoms with van der Waals surface area (Å²) in [5.41, 5.74) is 1.13. The number of piperidine rings is 1. The van der Waals surface area contributed by atoms with E-state index in [0.29, 0.717) is 18.3 Å². The first-order valence-corrected chi connectivity index (χ1v) is 7.33. The Labute approximate surface area is 120 Å². The Balaban J connectivity index is 1.88. The number of hydrogen-bond acceptors (Lipinski definition) is 2. The van der Waals surface area contributed by atoms with Gasteiger partial charge in [0.15, 0.2) is 0 Å². The molecule has 1 aliphatic rings. The Hall–Kier alpha value is -1.42. The van der Waals surface area contributed by atoms with E-state index in [0.717, 1.165) is 31.5 Å². The van der Waals surface area contributed by atoms with Gasteiger partial charge in [-0.25, -0.2) is 4.39 Å². The lowest BCUT2D eigenvalue weighted by Crippen LogP contribution is -2.32. The molecule has 0 aliphatic carbocycles. The Bertz CT molecular complexity index is 470. The molecule has 1 atom stereocenters. The van der Waals surface area contributed by atoms with Crippen molar-refractivity contribution in [1.29, 1.82) is 0 Å². The SMILES string of the molecule is Cc1ccc(NC(=O)CC(C)C2CCNCC2)c(F)c1. The van der Waals surface area contributed by atoms with Gasteiger partial charge in [0.1, 0.15) is 5.82 Å². The van der Waals surface area contributed by atoms with Crippen molar-refractivity contribution in [1.82, 2.24) is 5.32 Å². The maximum atomic E-state index is 13.7. The second-order valence-corrected chi connectivity index (χ2v) is 5.80. The lowest BCUT2D eigenvalue weighted by atomic mass is 9.84. The van der Waals surface area contributed by atoms with Crippen LogP contribution in [0.2, 0.25) is 0 Å². The van der Waals surface area contributed by atoms with Crippen molar-refractivity contribution in [2.45, 2.75) is 33.1 Å². The third-order valence-electron chi connectivity index (χ3n) is 4.09. The number of hydrogen-bond donors (Lipinski definition) is 2. The second kappa shape index (κ2) is 6.84. The van der Waals surface area contributed by atoms with Crippen molar-refractivity contribution in [2.24, 2.45) is 11.8 Å². The van der Waals surface area contributed by atoms with E-state index in [1.807, 2.05) is 6.92 Å². The number of carbonyl (C=O) groups is 1. The molecule has 0 radical (unpaired) electrons. The minimum atomic E-state index is -0.368. The summed E-state index contributed by atoms with van der Waals surface area (Å²) in [6.07, 6.45) is 2.69. The maximum absolute atomic E-state index is 13.7. The highest BCUT2D eigenvalue weighted by Crippen LogP contribution is 2.25. The highest BCUT2D eigenvalue weighted by atomic mass is 19.1. The molecule has 1 unspecified atom stereocenters. The summed E-state index contributed by atoms with van der Waals surface area (Å²) < 4.78 is 13.7. The molecule has 20 heavy (non-hydrogen) atoms. The largest absolute Gasteiger partial charge is 0.324 e. The van der Waals surface area contributed by atoms with E-state index in [-0.39, 0.29) is 17.4 Å². The maximum Gasteiger partial charge on any atom is 0.224 e. The van der Waals surface area contributed by atoms with E-state index in [1.54, 1.807) is 12.1 Å². The summed E-state index contributed by atoms with van der Waals surface area (Å²) in [5, 5.41) is 6.00. The first-order chi connectivity index (χ1) is 9.56. The number of halogens is 1. The molecule has 0 aromatic heterocycles. The van der Waals surface area contributed by atoms with Crippen LogP contribution in [0, 0.1) is 24.6 Å². The Morgan fingerprint density at radius 3 is 2.80 bits per heavy atom. The summed E-state index contributed by atoms with van der Waals surface area (Å²) in [6, 6.07) is 4.86. The molecule has 1 aromatic carbocycles. The van der Waals surface area contributed by atoms with Crippen LogP contribution in [0.5, 0.6) is 0 Å². The van der Waals surface area contributed by atoms with Crippen LogP contribution in [0.25, 0.3) is 0 Å². The highest BCUT2D eigenvalue weighted by Gasteiger charge is 2.22. The fraction of sp³-hybridized carbons (Fsp3) is 0.562. The summed E-state index contributed by atoms with van der Waals surface area (Å²) in [6.45, 7) is 6.00. The number of benzene rings is 1. The van der Waals surface area contributed by atoms with E-state index >= 15 is 0 Å². The van der Waals surface area contributed by atoms with Crippen LogP contribution in [0.15, 0.2) is 18.2 Å². The monoisotopic (exact) mass is 278 g/mol. The molecule has 2 N–H and O–H groups in total. The van der Waals surface area contributed by atoms with Crippen molar-refractivity contribution in [3.8, 4) is 0 Å². The molecular formula is C16H23FN2O. The number of amides is 1. The average molecular weight is 278 g/mol.